The van der Waals surface area contributed by atoms with Crippen LogP contribution in [0.2, 0.25) is 0 Å². The second kappa shape index (κ2) is 1.13. The predicted molar refractivity (Wildman–Crippen MR) is 22.9 cm³/mol. The first-order chi connectivity index (χ1) is 4.31. The first-order valence-electron chi connectivity index (χ1n) is 2.22. The molecular weight excluding hydrogens is 124 g/mol. The SMILES string of the molecule is OC1(c2nn[nH]n2)N=N1. The highest BCUT2D eigenvalue weighted by Crippen LogP contribution is 2.32. The molecule has 0 radical (unpaired) electrons. The third-order valence-corrected chi connectivity index (χ3v) is 0.935. The van der Waals surface area contributed by atoms with E-state index in [2.05, 4.69) is 30.9 Å². The Labute approximate surface area is 48.8 Å². The molecule has 0 spiro atoms. The fourth-order valence-electron chi connectivity index (χ4n) is 0.441. The number of hydrogen-bond donors (Lipinski definition) is 2. The molecule has 7 heteroatoms. The van der Waals surface area contributed by atoms with E-state index in [-0.39, 0.29) is 5.82 Å². The number of hydrogen-bond acceptors (Lipinski definition) is 6. The highest BCUT2D eigenvalue weighted by atomic mass is 16.4. The molecule has 0 saturated heterocycles. The molecule has 1 aliphatic heterocycles. The van der Waals surface area contributed by atoms with E-state index < -0.39 is 5.85 Å². The van der Waals surface area contributed by atoms with Crippen molar-refractivity contribution in [3.63, 3.8) is 0 Å². The van der Waals surface area contributed by atoms with Gasteiger partial charge in [-0.2, -0.15) is 5.21 Å². The van der Waals surface area contributed by atoms with Gasteiger partial charge < -0.3 is 5.11 Å². The largest absolute Gasteiger partial charge is 0.356 e. The van der Waals surface area contributed by atoms with Crippen LogP contribution in [-0.4, -0.2) is 25.7 Å². The van der Waals surface area contributed by atoms with Crippen LogP contribution in [0.5, 0.6) is 0 Å². The normalized spacial score (nSPS) is 20.1. The van der Waals surface area contributed by atoms with E-state index in [1.165, 1.54) is 0 Å². The van der Waals surface area contributed by atoms with E-state index in [9.17, 15) is 0 Å². The fourth-order valence-corrected chi connectivity index (χ4v) is 0.441. The highest BCUT2D eigenvalue weighted by molar-refractivity contribution is 4.98. The zero-order valence-electron chi connectivity index (χ0n) is 4.18. The molecule has 9 heavy (non-hydrogen) atoms. The lowest BCUT2D eigenvalue weighted by molar-refractivity contribution is 0.120. The summed E-state index contributed by atoms with van der Waals surface area (Å²) in [5, 5.41) is 27.8. The first-order valence-corrected chi connectivity index (χ1v) is 2.22. The van der Waals surface area contributed by atoms with Crippen LogP contribution in [0.4, 0.5) is 0 Å². The Morgan fingerprint density at radius 3 is 2.67 bits per heavy atom. The minimum absolute atomic E-state index is 0.0856. The lowest BCUT2D eigenvalue weighted by Crippen LogP contribution is -2.08. The van der Waals surface area contributed by atoms with Crippen LogP contribution in [0, 0.1) is 0 Å². The Bertz CT molecular complexity index is 232. The van der Waals surface area contributed by atoms with Gasteiger partial charge in [0.25, 0.3) is 5.82 Å². The summed E-state index contributed by atoms with van der Waals surface area (Å²) in [7, 11) is 0. The molecule has 0 unspecified atom stereocenters. The van der Waals surface area contributed by atoms with Crippen LogP contribution in [0.25, 0.3) is 0 Å². The van der Waals surface area contributed by atoms with Crippen molar-refractivity contribution < 1.29 is 5.11 Å². The van der Waals surface area contributed by atoms with Gasteiger partial charge in [-0.3, -0.25) is 0 Å². The monoisotopic (exact) mass is 126 g/mol. The number of rotatable bonds is 1. The van der Waals surface area contributed by atoms with Gasteiger partial charge in [0.2, 0.25) is 0 Å². The van der Waals surface area contributed by atoms with Gasteiger partial charge in [0.05, 0.1) is 0 Å². The van der Waals surface area contributed by atoms with Crippen molar-refractivity contribution in [3.8, 4) is 0 Å². The number of H-pyrrole nitrogens is 1. The van der Waals surface area contributed by atoms with E-state index in [4.69, 9.17) is 5.11 Å². The van der Waals surface area contributed by atoms with Gasteiger partial charge in [-0.15, -0.1) is 20.4 Å². The summed E-state index contributed by atoms with van der Waals surface area (Å²) in [5.41, 5.74) is 0. The quantitative estimate of drug-likeness (QED) is 0.492. The number of aromatic nitrogens is 4. The molecule has 0 saturated carbocycles. The maximum absolute atomic E-state index is 8.97. The van der Waals surface area contributed by atoms with Crippen molar-refractivity contribution in [1.82, 2.24) is 20.6 Å². The van der Waals surface area contributed by atoms with Crippen LogP contribution in [0.1, 0.15) is 5.82 Å². The van der Waals surface area contributed by atoms with Gasteiger partial charge in [0.1, 0.15) is 0 Å². The molecule has 46 valence electrons. The van der Waals surface area contributed by atoms with Crippen molar-refractivity contribution in [2.45, 2.75) is 5.85 Å². The molecule has 1 aliphatic rings. The smallest absolute Gasteiger partial charge is 0.343 e. The summed E-state index contributed by atoms with van der Waals surface area (Å²) in [5.74, 6) is -1.41. The Morgan fingerprint density at radius 2 is 2.22 bits per heavy atom. The minimum atomic E-state index is -1.49. The molecule has 0 aliphatic carbocycles. The van der Waals surface area contributed by atoms with E-state index in [1.54, 1.807) is 0 Å². The third kappa shape index (κ3) is 0.514. The van der Waals surface area contributed by atoms with E-state index in [0.29, 0.717) is 0 Å². The molecule has 0 aromatic carbocycles. The maximum atomic E-state index is 8.97. The maximum Gasteiger partial charge on any atom is 0.356 e. The van der Waals surface area contributed by atoms with Gasteiger partial charge in [0.15, 0.2) is 0 Å². The second-order valence-electron chi connectivity index (χ2n) is 1.57. The van der Waals surface area contributed by atoms with Gasteiger partial charge >= 0.3 is 5.85 Å². The number of nitrogens with zero attached hydrogens (tertiary/aromatic N) is 5. The average Bonchev–Trinajstić information content (AvgIpc) is 2.46. The highest BCUT2D eigenvalue weighted by Gasteiger charge is 2.44. The van der Waals surface area contributed by atoms with Crippen molar-refractivity contribution >= 4 is 0 Å². The van der Waals surface area contributed by atoms with Crippen molar-refractivity contribution in [3.05, 3.63) is 5.82 Å². The zero-order valence-corrected chi connectivity index (χ0v) is 4.18. The summed E-state index contributed by atoms with van der Waals surface area (Å²) >= 11 is 0. The molecule has 0 atom stereocenters. The Kier molecular flexibility index (Phi) is 0.566. The van der Waals surface area contributed by atoms with Gasteiger partial charge in [-0.1, -0.05) is 0 Å². The molecule has 0 amide bonds. The Morgan fingerprint density at radius 1 is 1.44 bits per heavy atom. The first kappa shape index (κ1) is 4.50. The summed E-state index contributed by atoms with van der Waals surface area (Å²) in [6.45, 7) is 0. The molecule has 0 fully saturated rings. The fraction of sp³-hybridized carbons (Fsp3) is 0.500. The van der Waals surface area contributed by atoms with Crippen LogP contribution < -0.4 is 0 Å². The van der Waals surface area contributed by atoms with E-state index >= 15 is 0 Å². The molecule has 1 aromatic heterocycles. The lowest BCUT2D eigenvalue weighted by Gasteiger charge is -1.89. The van der Waals surface area contributed by atoms with Crippen molar-refractivity contribution in [1.29, 1.82) is 0 Å². The third-order valence-electron chi connectivity index (χ3n) is 0.935. The predicted octanol–water partition coefficient (Wildman–Crippen LogP) is -1.23. The van der Waals surface area contributed by atoms with Gasteiger partial charge in [-0.05, 0) is 5.21 Å². The molecule has 2 heterocycles. The summed E-state index contributed by atoms with van der Waals surface area (Å²) in [4.78, 5) is 0. The molecular formula is C2H2N6O. The van der Waals surface area contributed by atoms with Crippen LogP contribution >= 0.6 is 0 Å². The molecule has 2 rings (SSSR count). The second-order valence-corrected chi connectivity index (χ2v) is 1.57. The van der Waals surface area contributed by atoms with Crippen LogP contribution in [0.3, 0.4) is 0 Å². The lowest BCUT2D eigenvalue weighted by atomic mass is 10.5. The number of tetrazole rings is 1. The number of aliphatic hydroxyl groups is 1. The summed E-state index contributed by atoms with van der Waals surface area (Å²) < 4.78 is 0. The van der Waals surface area contributed by atoms with E-state index in [0.717, 1.165) is 0 Å². The summed E-state index contributed by atoms with van der Waals surface area (Å²) in [6, 6.07) is 0. The van der Waals surface area contributed by atoms with Gasteiger partial charge in [0, 0.05) is 0 Å². The standard InChI is InChI=1S/C2H2N6O/c9-2(5-6-2)1-3-7-8-4-1/h9H,(H,3,4,7,8). The molecule has 0 bridgehead atoms. The molecule has 7 nitrogen and oxygen atoms in total. The van der Waals surface area contributed by atoms with E-state index in [1.807, 2.05) is 0 Å². The summed E-state index contributed by atoms with van der Waals surface area (Å²) in [6.07, 6.45) is 0. The van der Waals surface area contributed by atoms with Gasteiger partial charge in [-0.25, -0.2) is 0 Å². The topological polar surface area (TPSA) is 99.4 Å². The zero-order chi connectivity index (χ0) is 6.32. The van der Waals surface area contributed by atoms with Crippen molar-refractivity contribution in [2.24, 2.45) is 10.2 Å². The minimum Gasteiger partial charge on any atom is -0.343 e. The Balaban J connectivity index is 2.36. The molecule has 1 aromatic rings. The number of nitrogens with one attached hydrogen (secondary N) is 1. The molecule has 2 N–H and O–H groups in total. The van der Waals surface area contributed by atoms with Crippen LogP contribution in [0.15, 0.2) is 10.2 Å². The van der Waals surface area contributed by atoms with Crippen LogP contribution in [-0.2, 0) is 5.85 Å². The number of aromatic amines is 1. The average molecular weight is 126 g/mol. The Hall–Kier alpha value is -1.37. The van der Waals surface area contributed by atoms with Crippen molar-refractivity contribution in [2.75, 3.05) is 0 Å².